The number of para-hydroxylation sites is 1. The second-order valence-corrected chi connectivity index (χ2v) is 9.49. The van der Waals surface area contributed by atoms with Gasteiger partial charge in [-0.1, -0.05) is 24.3 Å². The lowest BCUT2D eigenvalue weighted by Gasteiger charge is -2.30. The van der Waals surface area contributed by atoms with Gasteiger partial charge in [0.25, 0.3) is 17.4 Å². The molecule has 3 heterocycles. The van der Waals surface area contributed by atoms with Gasteiger partial charge in [-0.25, -0.2) is 4.98 Å². The van der Waals surface area contributed by atoms with Crippen LogP contribution in [0.1, 0.15) is 33.9 Å². The summed E-state index contributed by atoms with van der Waals surface area (Å²) in [6.45, 7) is 9.32. The highest BCUT2D eigenvalue weighted by atomic mass is 32.1. The Hall–Kier alpha value is -4.37. The molecule has 2 aromatic heterocycles. The molecule has 4 aromatic rings. The smallest absolute Gasteiger partial charge is 0.280 e. The van der Waals surface area contributed by atoms with Gasteiger partial charge in [-0.05, 0) is 93.9 Å². The maximum atomic E-state index is 13.6. The van der Waals surface area contributed by atoms with Gasteiger partial charge in [0.15, 0.2) is 5.11 Å². The molecule has 0 bridgehead atoms. The number of nitrogens with zero attached hydrogens (tertiary/aromatic N) is 4. The van der Waals surface area contributed by atoms with E-state index in [-0.39, 0.29) is 16.2 Å². The molecule has 37 heavy (non-hydrogen) atoms. The van der Waals surface area contributed by atoms with Crippen molar-refractivity contribution in [3.05, 3.63) is 98.4 Å². The molecule has 0 unspecified atom stereocenters. The zero-order valence-electron chi connectivity index (χ0n) is 21.1. The monoisotopic (exact) mass is 511 g/mol. The van der Waals surface area contributed by atoms with Gasteiger partial charge in [-0.15, -0.1) is 0 Å². The fourth-order valence-electron chi connectivity index (χ4n) is 4.71. The summed E-state index contributed by atoms with van der Waals surface area (Å²) in [7, 11) is 0. The first kappa shape index (κ1) is 24.3. The van der Waals surface area contributed by atoms with Crippen molar-refractivity contribution < 1.29 is 9.59 Å². The zero-order chi connectivity index (χ0) is 26.6. The number of fused-ring (bicyclic) bond motifs is 1. The lowest BCUT2D eigenvalue weighted by Crippen LogP contribution is -2.54. The van der Waals surface area contributed by atoms with Gasteiger partial charge in [0.2, 0.25) is 0 Å². The minimum Gasteiger partial charge on any atom is -0.298 e. The van der Waals surface area contributed by atoms with Gasteiger partial charge in [-0.3, -0.25) is 29.3 Å². The first-order valence-corrected chi connectivity index (χ1v) is 12.2. The number of hydrogen-bond donors (Lipinski definition) is 1. The average molecular weight is 512 g/mol. The van der Waals surface area contributed by atoms with Crippen LogP contribution in [0.2, 0.25) is 0 Å². The molecule has 1 N–H and O–H groups in total. The van der Waals surface area contributed by atoms with Crippen LogP contribution in [0.5, 0.6) is 0 Å². The number of amides is 2. The fraction of sp³-hybridized carbons (Fsp3) is 0.179. The van der Waals surface area contributed by atoms with E-state index in [2.05, 4.69) is 10.3 Å². The van der Waals surface area contributed by atoms with Gasteiger partial charge in [0.05, 0.1) is 16.6 Å². The SMILES string of the molecule is Cc1cccc(N2C(=O)C(=Cc3cc(C)n(-n4c(C)nc5ccccc5c4=O)c3C)C(=O)NC2=S)c1C. The number of carbonyl (C=O) groups is 2. The predicted molar refractivity (Wildman–Crippen MR) is 148 cm³/mol. The molecule has 0 atom stereocenters. The van der Waals surface area contributed by atoms with Crippen molar-refractivity contribution >= 4 is 51.8 Å². The summed E-state index contributed by atoms with van der Waals surface area (Å²) in [5.74, 6) is -0.558. The third-order valence-corrected chi connectivity index (χ3v) is 7.05. The average Bonchev–Trinajstić information content (AvgIpc) is 3.12. The molecule has 1 aliphatic heterocycles. The standard InChI is InChI=1S/C28H25N5O3S/c1-15-9-8-12-24(17(15)3)31-26(35)22(25(34)30-28(31)37)14-20-13-16(2)32(18(20)4)33-19(5)29-23-11-7-6-10-21(23)27(33)36/h6-14H,1-5H3,(H,30,34,37). The summed E-state index contributed by atoms with van der Waals surface area (Å²) in [5, 5.41) is 3.18. The summed E-state index contributed by atoms with van der Waals surface area (Å²) in [5.41, 5.74) is 4.95. The Balaban J connectivity index is 1.64. The molecule has 5 rings (SSSR count). The Morgan fingerprint density at radius 2 is 1.65 bits per heavy atom. The summed E-state index contributed by atoms with van der Waals surface area (Å²) in [6.07, 6.45) is 1.55. The number of hydrogen-bond acceptors (Lipinski definition) is 5. The molecule has 8 nitrogen and oxygen atoms in total. The van der Waals surface area contributed by atoms with Crippen molar-refractivity contribution in [1.82, 2.24) is 19.7 Å². The molecule has 1 saturated heterocycles. The van der Waals surface area contributed by atoms with E-state index in [1.165, 1.54) is 9.58 Å². The first-order chi connectivity index (χ1) is 17.6. The summed E-state index contributed by atoms with van der Waals surface area (Å²) >= 11 is 5.36. The van der Waals surface area contributed by atoms with Gasteiger partial charge in [0.1, 0.15) is 11.4 Å². The molecule has 1 aliphatic rings. The Morgan fingerprint density at radius 3 is 2.41 bits per heavy atom. The third kappa shape index (κ3) is 3.88. The van der Waals surface area contributed by atoms with Crippen LogP contribution >= 0.6 is 12.2 Å². The van der Waals surface area contributed by atoms with E-state index in [9.17, 15) is 14.4 Å². The number of aromatic nitrogens is 3. The molecule has 2 amide bonds. The van der Waals surface area contributed by atoms with Gasteiger partial charge in [0, 0.05) is 11.4 Å². The van der Waals surface area contributed by atoms with Crippen LogP contribution in [0, 0.1) is 34.6 Å². The number of thiocarbonyl (C=S) groups is 1. The molecular weight excluding hydrogens is 486 g/mol. The van der Waals surface area contributed by atoms with E-state index < -0.39 is 11.8 Å². The van der Waals surface area contributed by atoms with E-state index in [4.69, 9.17) is 12.2 Å². The summed E-state index contributed by atoms with van der Waals surface area (Å²) in [4.78, 5) is 45.8. The van der Waals surface area contributed by atoms with E-state index in [1.807, 2.05) is 52.0 Å². The van der Waals surface area contributed by atoms with Crippen LogP contribution in [-0.2, 0) is 9.59 Å². The number of nitrogens with one attached hydrogen (secondary N) is 1. The maximum Gasteiger partial charge on any atom is 0.280 e. The number of rotatable bonds is 3. The van der Waals surface area contributed by atoms with Gasteiger partial charge < -0.3 is 0 Å². The Labute approximate surface area is 218 Å². The highest BCUT2D eigenvalue weighted by molar-refractivity contribution is 7.80. The van der Waals surface area contributed by atoms with Crippen molar-refractivity contribution in [3.63, 3.8) is 0 Å². The molecule has 0 aliphatic carbocycles. The molecule has 0 radical (unpaired) electrons. The van der Waals surface area contributed by atoms with Crippen molar-refractivity contribution in [1.29, 1.82) is 0 Å². The third-order valence-electron chi connectivity index (χ3n) is 6.77. The maximum absolute atomic E-state index is 13.6. The van der Waals surface area contributed by atoms with E-state index in [0.717, 1.165) is 16.8 Å². The molecular formula is C28H25N5O3S. The van der Waals surface area contributed by atoms with E-state index in [0.29, 0.717) is 33.7 Å². The van der Waals surface area contributed by atoms with Crippen molar-refractivity contribution in [2.45, 2.75) is 34.6 Å². The van der Waals surface area contributed by atoms with Crippen LogP contribution < -0.4 is 15.8 Å². The second kappa shape index (κ2) is 8.94. The minimum atomic E-state index is -0.568. The molecule has 186 valence electrons. The highest BCUT2D eigenvalue weighted by Gasteiger charge is 2.35. The largest absolute Gasteiger partial charge is 0.298 e. The number of anilines is 1. The Morgan fingerprint density at radius 1 is 0.919 bits per heavy atom. The normalized spacial score (nSPS) is 15.1. The highest BCUT2D eigenvalue weighted by Crippen LogP contribution is 2.28. The van der Waals surface area contributed by atoms with Crippen LogP contribution in [0.15, 0.2) is 58.9 Å². The number of benzene rings is 2. The molecule has 0 saturated carbocycles. The second-order valence-electron chi connectivity index (χ2n) is 9.11. The molecule has 0 spiro atoms. The Bertz CT molecular complexity index is 1740. The van der Waals surface area contributed by atoms with Crippen LogP contribution in [0.3, 0.4) is 0 Å². The quantitative estimate of drug-likeness (QED) is 0.256. The molecule has 1 fully saturated rings. The topological polar surface area (TPSA) is 89.2 Å². The van der Waals surface area contributed by atoms with Crippen LogP contribution in [0.4, 0.5) is 5.69 Å². The summed E-state index contributed by atoms with van der Waals surface area (Å²) in [6, 6.07) is 14.6. The lowest BCUT2D eigenvalue weighted by molar-refractivity contribution is -0.122. The lowest BCUT2D eigenvalue weighted by atomic mass is 10.0. The molecule has 9 heteroatoms. The van der Waals surface area contributed by atoms with Gasteiger partial charge in [-0.2, -0.15) is 4.68 Å². The van der Waals surface area contributed by atoms with Crippen LogP contribution in [-0.4, -0.2) is 31.3 Å². The van der Waals surface area contributed by atoms with Crippen molar-refractivity contribution in [3.8, 4) is 0 Å². The Kier molecular flexibility index (Phi) is 5.88. The number of carbonyl (C=O) groups excluding carboxylic acids is 2. The van der Waals surface area contributed by atoms with Crippen molar-refractivity contribution in [2.75, 3.05) is 4.90 Å². The first-order valence-electron chi connectivity index (χ1n) is 11.8. The number of aryl methyl sites for hydroxylation is 3. The van der Waals surface area contributed by atoms with Crippen molar-refractivity contribution in [2.24, 2.45) is 0 Å². The fourth-order valence-corrected chi connectivity index (χ4v) is 4.99. The predicted octanol–water partition coefficient (Wildman–Crippen LogP) is 3.88. The summed E-state index contributed by atoms with van der Waals surface area (Å²) < 4.78 is 3.26. The zero-order valence-corrected chi connectivity index (χ0v) is 21.9. The molecule has 2 aromatic carbocycles. The van der Waals surface area contributed by atoms with Gasteiger partial charge >= 0.3 is 0 Å². The van der Waals surface area contributed by atoms with E-state index >= 15 is 0 Å². The minimum absolute atomic E-state index is 0.0377. The van der Waals surface area contributed by atoms with Crippen LogP contribution in [0.25, 0.3) is 17.0 Å². The van der Waals surface area contributed by atoms with E-state index in [1.54, 1.807) is 41.9 Å².